The number of amides is 1. The van der Waals surface area contributed by atoms with Crippen LogP contribution in [0.3, 0.4) is 0 Å². The summed E-state index contributed by atoms with van der Waals surface area (Å²) in [5.74, 6) is -0.662. The highest BCUT2D eigenvalue weighted by Crippen LogP contribution is 2.23. The van der Waals surface area contributed by atoms with Crippen LogP contribution < -0.4 is 9.64 Å². The van der Waals surface area contributed by atoms with Crippen LogP contribution in [-0.4, -0.2) is 54.8 Å². The van der Waals surface area contributed by atoms with Crippen LogP contribution in [0.2, 0.25) is 0 Å². The second kappa shape index (κ2) is 7.85. The van der Waals surface area contributed by atoms with E-state index in [1.165, 1.54) is 18.3 Å². The van der Waals surface area contributed by atoms with Crippen LogP contribution in [0.15, 0.2) is 42.6 Å². The van der Waals surface area contributed by atoms with Gasteiger partial charge < -0.3 is 14.5 Å². The SMILES string of the molecule is Cc1cccc(N2CCN(C(=O)c3cccnc3OCC(F)(F)F)CC2)c1. The van der Waals surface area contributed by atoms with Crippen LogP contribution in [0.25, 0.3) is 0 Å². The summed E-state index contributed by atoms with van der Waals surface area (Å²) < 4.78 is 41.9. The Morgan fingerprint density at radius 3 is 2.56 bits per heavy atom. The third-order valence-electron chi connectivity index (χ3n) is 4.31. The Labute approximate surface area is 155 Å². The summed E-state index contributed by atoms with van der Waals surface area (Å²) in [7, 11) is 0. The van der Waals surface area contributed by atoms with Gasteiger partial charge in [0.2, 0.25) is 5.88 Å². The molecule has 2 heterocycles. The smallest absolute Gasteiger partial charge is 0.422 e. The summed E-state index contributed by atoms with van der Waals surface area (Å²) in [6.07, 6.45) is -3.19. The number of piperazine rings is 1. The number of hydrogen-bond acceptors (Lipinski definition) is 4. The fourth-order valence-electron chi connectivity index (χ4n) is 2.98. The van der Waals surface area contributed by atoms with E-state index in [0.29, 0.717) is 26.2 Å². The average Bonchev–Trinajstić information content (AvgIpc) is 2.66. The lowest BCUT2D eigenvalue weighted by atomic mass is 10.1. The van der Waals surface area contributed by atoms with Crippen LogP contribution in [0.5, 0.6) is 5.88 Å². The first-order chi connectivity index (χ1) is 12.8. The lowest BCUT2D eigenvalue weighted by Gasteiger charge is -2.36. The van der Waals surface area contributed by atoms with Gasteiger partial charge in [0.1, 0.15) is 5.56 Å². The minimum Gasteiger partial charge on any atom is -0.467 e. The van der Waals surface area contributed by atoms with Gasteiger partial charge in [0.15, 0.2) is 6.61 Å². The van der Waals surface area contributed by atoms with Gasteiger partial charge in [-0.3, -0.25) is 4.79 Å². The number of carbonyl (C=O) groups excluding carboxylic acids is 1. The predicted octanol–water partition coefficient (Wildman–Crippen LogP) is 3.29. The molecule has 27 heavy (non-hydrogen) atoms. The minimum absolute atomic E-state index is 0.0470. The zero-order valence-corrected chi connectivity index (χ0v) is 14.9. The van der Waals surface area contributed by atoms with E-state index < -0.39 is 12.8 Å². The molecule has 0 radical (unpaired) electrons. The predicted molar refractivity (Wildman–Crippen MR) is 95.1 cm³/mol. The Hall–Kier alpha value is -2.77. The number of alkyl halides is 3. The number of anilines is 1. The van der Waals surface area contributed by atoms with Gasteiger partial charge in [0.25, 0.3) is 5.91 Å². The van der Waals surface area contributed by atoms with Crippen molar-refractivity contribution in [1.29, 1.82) is 0 Å². The average molecular weight is 379 g/mol. The molecule has 1 aromatic carbocycles. The van der Waals surface area contributed by atoms with Crippen LogP contribution in [0.1, 0.15) is 15.9 Å². The lowest BCUT2D eigenvalue weighted by molar-refractivity contribution is -0.154. The molecule has 1 saturated heterocycles. The molecule has 8 heteroatoms. The van der Waals surface area contributed by atoms with Gasteiger partial charge in [0.05, 0.1) is 0 Å². The highest BCUT2D eigenvalue weighted by atomic mass is 19.4. The summed E-state index contributed by atoms with van der Waals surface area (Å²) in [6, 6.07) is 11.1. The van der Waals surface area contributed by atoms with Crippen molar-refractivity contribution in [3.05, 3.63) is 53.7 Å². The number of carbonyl (C=O) groups is 1. The number of rotatable bonds is 4. The molecule has 3 rings (SSSR count). The molecule has 0 unspecified atom stereocenters. The number of benzene rings is 1. The van der Waals surface area contributed by atoms with Crippen molar-refractivity contribution in [1.82, 2.24) is 9.88 Å². The molecule has 1 amide bonds. The first-order valence-electron chi connectivity index (χ1n) is 8.59. The monoisotopic (exact) mass is 379 g/mol. The van der Waals surface area contributed by atoms with Gasteiger partial charge in [-0.05, 0) is 36.8 Å². The van der Waals surface area contributed by atoms with Crippen molar-refractivity contribution in [3.8, 4) is 5.88 Å². The van der Waals surface area contributed by atoms with Gasteiger partial charge in [0, 0.05) is 38.1 Å². The molecule has 1 aliphatic heterocycles. The molecule has 5 nitrogen and oxygen atoms in total. The summed E-state index contributed by atoms with van der Waals surface area (Å²) in [6.45, 7) is 2.78. The first kappa shape index (κ1) is 19.0. The van der Waals surface area contributed by atoms with E-state index in [1.54, 1.807) is 4.90 Å². The fourth-order valence-corrected chi connectivity index (χ4v) is 2.98. The molecule has 0 aliphatic carbocycles. The highest BCUT2D eigenvalue weighted by Gasteiger charge is 2.30. The van der Waals surface area contributed by atoms with Crippen LogP contribution in [-0.2, 0) is 0 Å². The molecule has 0 spiro atoms. The van der Waals surface area contributed by atoms with E-state index in [1.807, 2.05) is 25.1 Å². The number of aromatic nitrogens is 1. The second-order valence-electron chi connectivity index (χ2n) is 6.38. The second-order valence-corrected chi connectivity index (χ2v) is 6.38. The molecular weight excluding hydrogens is 359 g/mol. The van der Waals surface area contributed by atoms with E-state index in [9.17, 15) is 18.0 Å². The van der Waals surface area contributed by atoms with Gasteiger partial charge in [-0.2, -0.15) is 13.2 Å². The van der Waals surface area contributed by atoms with Crippen molar-refractivity contribution in [2.24, 2.45) is 0 Å². The Bertz CT molecular complexity index is 803. The molecular formula is C19H20F3N3O2. The third kappa shape index (κ3) is 4.90. The summed E-state index contributed by atoms with van der Waals surface area (Å²) in [5.41, 5.74) is 2.30. The van der Waals surface area contributed by atoms with E-state index in [0.717, 1.165) is 11.3 Å². The van der Waals surface area contributed by atoms with Gasteiger partial charge >= 0.3 is 6.18 Å². The number of halogens is 3. The van der Waals surface area contributed by atoms with E-state index >= 15 is 0 Å². The molecule has 0 bridgehead atoms. The molecule has 1 aromatic heterocycles. The van der Waals surface area contributed by atoms with Crippen molar-refractivity contribution >= 4 is 11.6 Å². The molecule has 0 N–H and O–H groups in total. The van der Waals surface area contributed by atoms with Crippen LogP contribution >= 0.6 is 0 Å². The van der Waals surface area contributed by atoms with Gasteiger partial charge in [-0.1, -0.05) is 12.1 Å². The first-order valence-corrected chi connectivity index (χ1v) is 8.59. The number of aryl methyl sites for hydroxylation is 1. The fraction of sp³-hybridized carbons (Fsp3) is 0.368. The van der Waals surface area contributed by atoms with Crippen molar-refractivity contribution in [2.45, 2.75) is 13.1 Å². The molecule has 0 atom stereocenters. The topological polar surface area (TPSA) is 45.7 Å². The quantitative estimate of drug-likeness (QED) is 0.818. The molecule has 1 aliphatic rings. The Kier molecular flexibility index (Phi) is 5.53. The zero-order chi connectivity index (χ0) is 19.4. The van der Waals surface area contributed by atoms with E-state index in [4.69, 9.17) is 4.74 Å². The number of hydrogen-bond donors (Lipinski definition) is 0. The Balaban J connectivity index is 1.66. The maximum absolute atomic E-state index is 12.7. The van der Waals surface area contributed by atoms with Gasteiger partial charge in [-0.15, -0.1) is 0 Å². The standard InChI is InChI=1S/C19H20F3N3O2/c1-14-4-2-5-15(12-14)24-8-10-25(11-9-24)18(26)16-6-3-7-23-17(16)27-13-19(20,21)22/h2-7,12H,8-11,13H2,1H3. The Morgan fingerprint density at radius 1 is 1.15 bits per heavy atom. The molecule has 144 valence electrons. The van der Waals surface area contributed by atoms with Crippen molar-refractivity contribution in [3.63, 3.8) is 0 Å². The van der Waals surface area contributed by atoms with Gasteiger partial charge in [-0.25, -0.2) is 4.98 Å². The minimum atomic E-state index is -4.49. The highest BCUT2D eigenvalue weighted by molar-refractivity contribution is 5.96. The van der Waals surface area contributed by atoms with E-state index in [2.05, 4.69) is 16.0 Å². The number of nitrogens with zero attached hydrogens (tertiary/aromatic N) is 3. The number of pyridine rings is 1. The largest absolute Gasteiger partial charge is 0.467 e. The maximum atomic E-state index is 12.7. The zero-order valence-electron chi connectivity index (χ0n) is 14.9. The molecule has 1 fully saturated rings. The summed E-state index contributed by atoms with van der Waals surface area (Å²) in [4.78, 5) is 20.3. The Morgan fingerprint density at radius 2 is 1.89 bits per heavy atom. The molecule has 0 saturated carbocycles. The van der Waals surface area contributed by atoms with Crippen molar-refractivity contribution in [2.75, 3.05) is 37.7 Å². The number of ether oxygens (including phenoxy) is 1. The summed E-state index contributed by atoms with van der Waals surface area (Å²) >= 11 is 0. The third-order valence-corrected chi connectivity index (χ3v) is 4.31. The maximum Gasteiger partial charge on any atom is 0.422 e. The van der Waals surface area contributed by atoms with Crippen LogP contribution in [0.4, 0.5) is 18.9 Å². The van der Waals surface area contributed by atoms with Crippen LogP contribution in [0, 0.1) is 6.92 Å². The van der Waals surface area contributed by atoms with E-state index in [-0.39, 0.29) is 17.4 Å². The summed E-state index contributed by atoms with van der Waals surface area (Å²) in [5, 5.41) is 0. The van der Waals surface area contributed by atoms with Crippen molar-refractivity contribution < 1.29 is 22.7 Å². The lowest BCUT2D eigenvalue weighted by Crippen LogP contribution is -2.49. The normalized spacial score (nSPS) is 15.0. The molecule has 2 aromatic rings.